The lowest BCUT2D eigenvalue weighted by atomic mass is 9.82. The van der Waals surface area contributed by atoms with Crippen LogP contribution in [0.4, 0.5) is 4.79 Å². The fourth-order valence-electron chi connectivity index (χ4n) is 5.53. The summed E-state index contributed by atoms with van der Waals surface area (Å²) < 4.78 is 12.3. The lowest BCUT2D eigenvalue weighted by molar-refractivity contribution is -0.0372. The molecule has 1 aromatic carbocycles. The molecular formula is C26H35N3O3. The summed E-state index contributed by atoms with van der Waals surface area (Å²) in [5.41, 5.74) is 2.47. The number of nitrogens with zero attached hydrogens (tertiary/aromatic N) is 2. The lowest BCUT2D eigenvalue weighted by Crippen LogP contribution is -2.51. The first-order chi connectivity index (χ1) is 15.8. The first kappa shape index (κ1) is 21.5. The van der Waals surface area contributed by atoms with Crippen molar-refractivity contribution in [2.24, 2.45) is 0 Å². The molecule has 2 aliphatic carbocycles. The summed E-state index contributed by atoms with van der Waals surface area (Å²) in [6, 6.07) is 12.8. The summed E-state index contributed by atoms with van der Waals surface area (Å²) in [5.74, 6) is 0.820. The second-order valence-electron chi connectivity index (χ2n) is 9.66. The summed E-state index contributed by atoms with van der Waals surface area (Å²) in [4.78, 5) is 14.9. The summed E-state index contributed by atoms with van der Waals surface area (Å²) in [5, 5.41) is 7.39. The Morgan fingerprint density at radius 1 is 0.969 bits per heavy atom. The summed E-state index contributed by atoms with van der Waals surface area (Å²) >= 11 is 0. The quantitative estimate of drug-likeness (QED) is 0.658. The molecular weight excluding hydrogens is 402 g/mol. The van der Waals surface area contributed by atoms with E-state index in [0.29, 0.717) is 12.5 Å². The van der Waals surface area contributed by atoms with Crippen molar-refractivity contribution >= 4 is 6.09 Å². The van der Waals surface area contributed by atoms with Crippen LogP contribution in [0.15, 0.2) is 42.6 Å². The zero-order valence-electron chi connectivity index (χ0n) is 18.8. The van der Waals surface area contributed by atoms with Gasteiger partial charge in [0.1, 0.15) is 6.10 Å². The Kier molecular flexibility index (Phi) is 6.77. The van der Waals surface area contributed by atoms with Crippen LogP contribution in [0.25, 0.3) is 0 Å². The number of benzene rings is 1. The molecule has 5 rings (SSSR count). The Morgan fingerprint density at radius 3 is 2.47 bits per heavy atom. The predicted octanol–water partition coefficient (Wildman–Crippen LogP) is 5.39. The van der Waals surface area contributed by atoms with Gasteiger partial charge in [-0.2, -0.15) is 5.10 Å². The van der Waals surface area contributed by atoms with E-state index in [2.05, 4.69) is 40.5 Å². The maximum Gasteiger partial charge on any atom is 0.410 e. The molecule has 32 heavy (non-hydrogen) atoms. The third kappa shape index (κ3) is 4.85. The van der Waals surface area contributed by atoms with Crippen LogP contribution in [0.1, 0.15) is 80.9 Å². The van der Waals surface area contributed by atoms with Crippen molar-refractivity contribution in [3.05, 3.63) is 53.9 Å². The van der Waals surface area contributed by atoms with Crippen LogP contribution in [0.3, 0.4) is 0 Å². The maximum absolute atomic E-state index is 13.0. The van der Waals surface area contributed by atoms with Crippen LogP contribution in [-0.2, 0) is 9.47 Å². The zero-order valence-corrected chi connectivity index (χ0v) is 18.8. The van der Waals surface area contributed by atoms with Crippen molar-refractivity contribution in [3.8, 4) is 0 Å². The molecule has 3 aliphatic rings. The molecule has 0 radical (unpaired) electrons. The minimum atomic E-state index is -0.170. The largest absolute Gasteiger partial charge is 0.446 e. The molecule has 6 nitrogen and oxygen atoms in total. The SMILES string of the molecule is O=C(OC1CCC1)N1CCC[C@H](c2cc[nH]n2)[C@@H]1CO[C@H]1CC[C@@H](c2ccccc2)CC1. The number of piperidine rings is 1. The van der Waals surface area contributed by atoms with Gasteiger partial charge in [-0.25, -0.2) is 4.79 Å². The number of carbonyl (C=O) groups excluding carboxylic acids is 1. The summed E-state index contributed by atoms with van der Waals surface area (Å²) in [7, 11) is 0. The highest BCUT2D eigenvalue weighted by atomic mass is 16.6. The molecule has 2 heterocycles. The van der Waals surface area contributed by atoms with Crippen molar-refractivity contribution in [2.45, 2.75) is 87.9 Å². The molecule has 0 unspecified atom stereocenters. The highest BCUT2D eigenvalue weighted by Gasteiger charge is 2.39. The summed E-state index contributed by atoms with van der Waals surface area (Å²) in [6.45, 7) is 1.29. The topological polar surface area (TPSA) is 67.5 Å². The van der Waals surface area contributed by atoms with E-state index >= 15 is 0 Å². The lowest BCUT2D eigenvalue weighted by Gasteiger charge is -2.42. The molecule has 1 N–H and O–H groups in total. The first-order valence-electron chi connectivity index (χ1n) is 12.4. The molecule has 3 fully saturated rings. The van der Waals surface area contributed by atoms with E-state index in [1.807, 2.05) is 17.2 Å². The number of hydrogen-bond acceptors (Lipinski definition) is 4. The Hall–Kier alpha value is -2.34. The number of ether oxygens (including phenoxy) is 2. The summed E-state index contributed by atoms with van der Waals surface area (Å²) in [6.07, 6.45) is 11.7. The average Bonchev–Trinajstić information content (AvgIpc) is 3.35. The molecule has 172 valence electrons. The number of aromatic nitrogens is 2. The molecule has 0 spiro atoms. The van der Waals surface area contributed by atoms with Crippen molar-refractivity contribution in [1.82, 2.24) is 15.1 Å². The fraction of sp³-hybridized carbons (Fsp3) is 0.615. The number of amides is 1. The highest BCUT2D eigenvalue weighted by Crippen LogP contribution is 2.36. The van der Waals surface area contributed by atoms with E-state index < -0.39 is 0 Å². The van der Waals surface area contributed by atoms with Crippen LogP contribution in [0.2, 0.25) is 0 Å². The van der Waals surface area contributed by atoms with Gasteiger partial charge < -0.3 is 14.4 Å². The number of aromatic amines is 1. The standard InChI is InChI=1S/C26H35N3O3/c30-26(32-22-8-4-9-22)29-17-5-10-23(24-15-16-27-28-24)25(29)18-31-21-13-11-20(12-14-21)19-6-2-1-3-7-19/h1-3,6-7,15-16,20-23,25H,4-5,8-14,17-18H2,(H,27,28)/t20-,21+,23-,25+/m1/s1. The van der Waals surface area contributed by atoms with E-state index in [1.54, 1.807) is 0 Å². The normalized spacial score (nSPS) is 28.8. The van der Waals surface area contributed by atoms with E-state index in [-0.39, 0.29) is 30.3 Å². The van der Waals surface area contributed by atoms with Crippen molar-refractivity contribution in [2.75, 3.05) is 13.2 Å². The van der Waals surface area contributed by atoms with E-state index in [4.69, 9.17) is 9.47 Å². The van der Waals surface area contributed by atoms with Gasteiger partial charge in [0.25, 0.3) is 0 Å². The molecule has 6 heteroatoms. The van der Waals surface area contributed by atoms with Gasteiger partial charge in [-0.05, 0) is 75.3 Å². The van der Waals surface area contributed by atoms with Gasteiger partial charge in [-0.3, -0.25) is 5.10 Å². The van der Waals surface area contributed by atoms with Gasteiger partial charge >= 0.3 is 6.09 Å². The third-order valence-electron chi connectivity index (χ3n) is 7.68. The van der Waals surface area contributed by atoms with Gasteiger partial charge in [0.05, 0.1) is 24.4 Å². The minimum Gasteiger partial charge on any atom is -0.446 e. The zero-order chi connectivity index (χ0) is 21.8. The maximum atomic E-state index is 13.0. The van der Waals surface area contributed by atoms with Crippen LogP contribution < -0.4 is 0 Å². The van der Waals surface area contributed by atoms with Crippen molar-refractivity contribution < 1.29 is 14.3 Å². The van der Waals surface area contributed by atoms with Crippen LogP contribution in [0, 0.1) is 0 Å². The highest BCUT2D eigenvalue weighted by molar-refractivity contribution is 5.68. The van der Waals surface area contributed by atoms with E-state index in [1.165, 1.54) is 5.56 Å². The number of H-pyrrole nitrogens is 1. The van der Waals surface area contributed by atoms with Crippen LogP contribution in [-0.4, -0.2) is 52.6 Å². The van der Waals surface area contributed by atoms with E-state index in [0.717, 1.165) is 70.0 Å². The Labute approximate surface area is 190 Å². The van der Waals surface area contributed by atoms with Crippen LogP contribution >= 0.6 is 0 Å². The minimum absolute atomic E-state index is 0.0218. The molecule has 2 aromatic rings. The second-order valence-corrected chi connectivity index (χ2v) is 9.66. The van der Waals surface area contributed by atoms with Crippen LogP contribution in [0.5, 0.6) is 0 Å². The molecule has 0 bridgehead atoms. The number of likely N-dealkylation sites (tertiary alicyclic amines) is 1. The van der Waals surface area contributed by atoms with Gasteiger partial charge in [-0.15, -0.1) is 0 Å². The van der Waals surface area contributed by atoms with E-state index in [9.17, 15) is 4.79 Å². The Morgan fingerprint density at radius 2 is 1.78 bits per heavy atom. The molecule has 1 saturated heterocycles. The number of nitrogens with one attached hydrogen (secondary N) is 1. The van der Waals surface area contributed by atoms with Gasteiger partial charge in [0.2, 0.25) is 0 Å². The van der Waals surface area contributed by atoms with Gasteiger partial charge in [0, 0.05) is 18.7 Å². The predicted molar refractivity (Wildman–Crippen MR) is 123 cm³/mol. The number of carbonyl (C=O) groups is 1. The molecule has 1 aromatic heterocycles. The van der Waals surface area contributed by atoms with Gasteiger partial charge in [-0.1, -0.05) is 30.3 Å². The molecule has 2 atom stereocenters. The smallest absolute Gasteiger partial charge is 0.410 e. The first-order valence-corrected chi connectivity index (χ1v) is 12.4. The Balaban J connectivity index is 1.21. The van der Waals surface area contributed by atoms with Crippen molar-refractivity contribution in [1.29, 1.82) is 0 Å². The molecule has 1 aliphatic heterocycles. The monoisotopic (exact) mass is 437 g/mol. The number of rotatable bonds is 6. The number of hydrogen-bond donors (Lipinski definition) is 1. The second kappa shape index (κ2) is 10.1. The third-order valence-corrected chi connectivity index (χ3v) is 7.68. The average molecular weight is 438 g/mol. The fourth-order valence-corrected chi connectivity index (χ4v) is 5.53. The molecule has 2 saturated carbocycles. The Bertz CT molecular complexity index is 844. The molecule has 1 amide bonds. The van der Waals surface area contributed by atoms with Gasteiger partial charge in [0.15, 0.2) is 0 Å². The van der Waals surface area contributed by atoms with Crippen molar-refractivity contribution in [3.63, 3.8) is 0 Å².